The second kappa shape index (κ2) is 3.25. The van der Waals surface area contributed by atoms with Crippen molar-refractivity contribution in [1.82, 2.24) is 4.90 Å². The van der Waals surface area contributed by atoms with Crippen molar-refractivity contribution in [2.24, 2.45) is 17.1 Å². The van der Waals surface area contributed by atoms with Gasteiger partial charge in [0, 0.05) is 12.6 Å². The molecule has 1 aliphatic heterocycles. The van der Waals surface area contributed by atoms with Crippen LogP contribution in [0.4, 0.5) is 0 Å². The Hall–Kier alpha value is -0.0800. The van der Waals surface area contributed by atoms with Crippen LogP contribution >= 0.6 is 0 Å². The third-order valence-corrected chi connectivity index (χ3v) is 3.95. The number of nitrogens with zero attached hydrogens (tertiary/aromatic N) is 1. The molecule has 2 rings (SSSR count). The Morgan fingerprint density at radius 1 is 1.38 bits per heavy atom. The smallest absolute Gasteiger partial charge is 0.00965 e. The van der Waals surface area contributed by atoms with Crippen LogP contribution in [0.1, 0.15) is 33.1 Å². The normalized spacial score (nSPS) is 34.8. The zero-order chi connectivity index (χ0) is 9.47. The lowest BCUT2D eigenvalue weighted by Crippen LogP contribution is -2.48. The predicted molar refractivity (Wildman–Crippen MR) is 55.5 cm³/mol. The van der Waals surface area contributed by atoms with E-state index in [4.69, 9.17) is 5.73 Å². The Kier molecular flexibility index (Phi) is 2.37. The zero-order valence-electron chi connectivity index (χ0n) is 8.92. The Morgan fingerprint density at radius 2 is 2.08 bits per heavy atom. The molecule has 0 spiro atoms. The summed E-state index contributed by atoms with van der Waals surface area (Å²) in [5.74, 6) is 0.710. The first kappa shape index (κ1) is 9.47. The number of hydrogen-bond donors (Lipinski definition) is 1. The van der Waals surface area contributed by atoms with Crippen molar-refractivity contribution >= 4 is 0 Å². The molecule has 0 radical (unpaired) electrons. The van der Waals surface area contributed by atoms with Crippen LogP contribution in [0.5, 0.6) is 0 Å². The Morgan fingerprint density at radius 3 is 2.62 bits per heavy atom. The van der Waals surface area contributed by atoms with Gasteiger partial charge in [0.2, 0.25) is 0 Å². The van der Waals surface area contributed by atoms with Gasteiger partial charge in [0.1, 0.15) is 0 Å². The molecule has 2 heteroatoms. The van der Waals surface area contributed by atoms with Crippen LogP contribution in [0.2, 0.25) is 0 Å². The van der Waals surface area contributed by atoms with Gasteiger partial charge in [-0.25, -0.2) is 0 Å². The maximum Gasteiger partial charge on any atom is 0.00965 e. The largest absolute Gasteiger partial charge is 0.330 e. The van der Waals surface area contributed by atoms with Gasteiger partial charge in [-0.15, -0.1) is 0 Å². The van der Waals surface area contributed by atoms with E-state index in [1.165, 1.54) is 32.4 Å². The van der Waals surface area contributed by atoms with Crippen molar-refractivity contribution in [1.29, 1.82) is 0 Å². The first-order valence-corrected chi connectivity index (χ1v) is 5.57. The summed E-state index contributed by atoms with van der Waals surface area (Å²) in [6, 6.07) is 0.921. The summed E-state index contributed by atoms with van der Waals surface area (Å²) in [6.45, 7) is 8.14. The maximum absolute atomic E-state index is 5.83. The third kappa shape index (κ3) is 1.89. The minimum absolute atomic E-state index is 0.472. The van der Waals surface area contributed by atoms with E-state index in [-0.39, 0.29) is 0 Å². The summed E-state index contributed by atoms with van der Waals surface area (Å²) in [5, 5.41) is 0. The van der Waals surface area contributed by atoms with E-state index in [0.29, 0.717) is 11.3 Å². The highest BCUT2D eigenvalue weighted by Crippen LogP contribution is 2.39. The number of likely N-dealkylation sites (tertiary alicyclic amines) is 1. The lowest BCUT2D eigenvalue weighted by Gasteiger charge is -2.43. The summed E-state index contributed by atoms with van der Waals surface area (Å²) < 4.78 is 0. The van der Waals surface area contributed by atoms with Gasteiger partial charge >= 0.3 is 0 Å². The summed E-state index contributed by atoms with van der Waals surface area (Å²) >= 11 is 0. The molecule has 2 aliphatic rings. The minimum Gasteiger partial charge on any atom is -0.330 e. The average Bonchev–Trinajstić information content (AvgIpc) is 2.87. The molecule has 1 saturated heterocycles. The molecule has 0 aromatic carbocycles. The Bertz CT molecular complexity index is 185. The van der Waals surface area contributed by atoms with E-state index in [1.54, 1.807) is 0 Å². The lowest BCUT2D eigenvalue weighted by molar-refractivity contribution is 0.0603. The number of piperidine rings is 1. The van der Waals surface area contributed by atoms with Crippen molar-refractivity contribution in [3.8, 4) is 0 Å². The van der Waals surface area contributed by atoms with Crippen LogP contribution in [0.15, 0.2) is 0 Å². The molecule has 2 fully saturated rings. The van der Waals surface area contributed by atoms with Gasteiger partial charge in [0.25, 0.3) is 0 Å². The molecular formula is C11H22N2. The van der Waals surface area contributed by atoms with E-state index in [2.05, 4.69) is 18.7 Å². The van der Waals surface area contributed by atoms with E-state index in [9.17, 15) is 0 Å². The topological polar surface area (TPSA) is 29.3 Å². The van der Waals surface area contributed by atoms with Crippen molar-refractivity contribution in [3.63, 3.8) is 0 Å². The average molecular weight is 182 g/mol. The van der Waals surface area contributed by atoms with Crippen LogP contribution in [0, 0.1) is 11.3 Å². The molecule has 76 valence electrons. The fourth-order valence-corrected chi connectivity index (χ4v) is 2.42. The van der Waals surface area contributed by atoms with Crippen molar-refractivity contribution in [2.75, 3.05) is 19.6 Å². The second-order valence-electron chi connectivity index (χ2n) is 5.40. The summed E-state index contributed by atoms with van der Waals surface area (Å²) in [7, 11) is 0. The fourth-order valence-electron chi connectivity index (χ4n) is 2.42. The van der Waals surface area contributed by atoms with Crippen LogP contribution in [0.3, 0.4) is 0 Å². The first-order valence-electron chi connectivity index (χ1n) is 5.57. The van der Waals surface area contributed by atoms with Crippen LogP contribution in [0.25, 0.3) is 0 Å². The molecule has 1 heterocycles. The van der Waals surface area contributed by atoms with Crippen LogP contribution < -0.4 is 5.73 Å². The van der Waals surface area contributed by atoms with Crippen molar-refractivity contribution in [3.05, 3.63) is 0 Å². The standard InChI is InChI=1S/C11H22N2/c1-11(2)5-6-13(10-3-4-10)8-9(11)7-12/h9-10H,3-8,12H2,1-2H3. The minimum atomic E-state index is 0.472. The van der Waals surface area contributed by atoms with Gasteiger partial charge in [-0.2, -0.15) is 0 Å². The molecule has 0 bridgehead atoms. The molecule has 1 atom stereocenters. The molecule has 2 N–H and O–H groups in total. The van der Waals surface area contributed by atoms with Gasteiger partial charge in [-0.1, -0.05) is 13.8 Å². The SMILES string of the molecule is CC1(C)CCN(C2CC2)CC1CN. The fraction of sp³-hybridized carbons (Fsp3) is 1.00. The number of rotatable bonds is 2. The monoisotopic (exact) mass is 182 g/mol. The number of hydrogen-bond acceptors (Lipinski definition) is 2. The first-order chi connectivity index (χ1) is 6.13. The van der Waals surface area contributed by atoms with E-state index >= 15 is 0 Å². The number of nitrogens with two attached hydrogens (primary N) is 1. The van der Waals surface area contributed by atoms with Gasteiger partial charge in [0.05, 0.1) is 0 Å². The maximum atomic E-state index is 5.83. The Labute approximate surface area is 81.5 Å². The van der Waals surface area contributed by atoms with Gasteiger partial charge in [-0.3, -0.25) is 0 Å². The molecule has 1 aliphatic carbocycles. The molecule has 0 aromatic rings. The van der Waals surface area contributed by atoms with E-state index < -0.39 is 0 Å². The molecule has 13 heavy (non-hydrogen) atoms. The predicted octanol–water partition coefficient (Wildman–Crippen LogP) is 1.46. The van der Waals surface area contributed by atoms with Crippen molar-refractivity contribution < 1.29 is 0 Å². The van der Waals surface area contributed by atoms with Crippen LogP contribution in [-0.2, 0) is 0 Å². The highest BCUT2D eigenvalue weighted by molar-refractivity contribution is 4.93. The van der Waals surface area contributed by atoms with E-state index in [0.717, 1.165) is 12.6 Å². The van der Waals surface area contributed by atoms with Crippen LogP contribution in [-0.4, -0.2) is 30.6 Å². The molecule has 1 unspecified atom stereocenters. The molecule has 0 aromatic heterocycles. The molecule has 2 nitrogen and oxygen atoms in total. The second-order valence-corrected chi connectivity index (χ2v) is 5.40. The molecule has 1 saturated carbocycles. The highest BCUT2D eigenvalue weighted by atomic mass is 15.2. The van der Waals surface area contributed by atoms with Gasteiger partial charge < -0.3 is 10.6 Å². The van der Waals surface area contributed by atoms with Crippen molar-refractivity contribution in [2.45, 2.75) is 39.2 Å². The summed E-state index contributed by atoms with van der Waals surface area (Å²) in [4.78, 5) is 2.66. The zero-order valence-corrected chi connectivity index (χ0v) is 8.92. The van der Waals surface area contributed by atoms with Gasteiger partial charge in [-0.05, 0) is 43.7 Å². The van der Waals surface area contributed by atoms with E-state index in [1.807, 2.05) is 0 Å². The quantitative estimate of drug-likeness (QED) is 0.700. The van der Waals surface area contributed by atoms with Gasteiger partial charge in [0.15, 0.2) is 0 Å². The molecule has 0 amide bonds. The summed E-state index contributed by atoms with van der Waals surface area (Å²) in [6.07, 6.45) is 4.18. The Balaban J connectivity index is 1.96. The lowest BCUT2D eigenvalue weighted by atomic mass is 9.73. The molecular weight excluding hydrogens is 160 g/mol. The highest BCUT2D eigenvalue weighted by Gasteiger charge is 2.39. The third-order valence-electron chi connectivity index (χ3n) is 3.95. The summed E-state index contributed by atoms with van der Waals surface area (Å²) in [5.41, 5.74) is 6.31.